The average molecular weight is 474 g/mol. The van der Waals surface area contributed by atoms with Crippen molar-refractivity contribution in [2.45, 2.75) is 26.7 Å². The fraction of sp³-hybridized carbons (Fsp3) is 0.192. The Bertz CT molecular complexity index is 1430. The summed E-state index contributed by atoms with van der Waals surface area (Å²) in [7, 11) is 0. The third-order valence-corrected chi connectivity index (χ3v) is 5.88. The topological polar surface area (TPSA) is 85.6 Å². The Hall–Kier alpha value is -3.91. The van der Waals surface area contributed by atoms with Crippen molar-refractivity contribution in [2.75, 3.05) is 12.1 Å². The van der Waals surface area contributed by atoms with E-state index in [-0.39, 0.29) is 17.8 Å². The molecule has 1 aliphatic heterocycles. The zero-order valence-electron chi connectivity index (χ0n) is 19.0. The van der Waals surface area contributed by atoms with Crippen molar-refractivity contribution < 1.29 is 18.7 Å². The summed E-state index contributed by atoms with van der Waals surface area (Å²) in [5, 5.41) is 5.99. The number of hydrogen-bond donors (Lipinski definition) is 2. The summed E-state index contributed by atoms with van der Waals surface area (Å²) in [5.74, 6) is 1.74. The van der Waals surface area contributed by atoms with Gasteiger partial charge in [-0.3, -0.25) is 10.1 Å². The van der Waals surface area contributed by atoms with Crippen LogP contribution in [0.2, 0.25) is 0 Å². The van der Waals surface area contributed by atoms with Gasteiger partial charge in [-0.25, -0.2) is 4.98 Å². The molecule has 1 aliphatic rings. The number of carbonyl (C=O) groups excluding carboxylic acids is 1. The van der Waals surface area contributed by atoms with Gasteiger partial charge in [0.25, 0.3) is 5.91 Å². The second-order valence-electron chi connectivity index (χ2n) is 8.41. The van der Waals surface area contributed by atoms with Gasteiger partial charge in [-0.2, -0.15) is 0 Å². The van der Waals surface area contributed by atoms with Crippen molar-refractivity contribution in [3.63, 3.8) is 0 Å². The Kier molecular flexibility index (Phi) is 5.67. The summed E-state index contributed by atoms with van der Waals surface area (Å²) in [6.45, 7) is 6.40. The monoisotopic (exact) mass is 473 g/mol. The quantitative estimate of drug-likeness (QED) is 0.363. The third kappa shape index (κ3) is 4.32. The lowest BCUT2D eigenvalue weighted by Crippen LogP contribution is -2.34. The van der Waals surface area contributed by atoms with Crippen LogP contribution in [0.25, 0.3) is 22.6 Å². The van der Waals surface area contributed by atoms with Crippen LogP contribution in [0, 0.1) is 6.92 Å². The van der Waals surface area contributed by atoms with Crippen LogP contribution in [0.1, 0.15) is 41.3 Å². The van der Waals surface area contributed by atoms with E-state index in [1.807, 2.05) is 31.2 Å². The smallest absolute Gasteiger partial charge is 0.257 e. The number of aryl methyl sites for hydroxylation is 1. The molecule has 1 amide bonds. The molecule has 0 fully saturated rings. The number of hydrogen-bond acceptors (Lipinski definition) is 6. The number of nitrogens with one attached hydrogen (secondary N) is 2. The molecule has 2 heterocycles. The average Bonchev–Trinajstić information content (AvgIpc) is 3.46. The van der Waals surface area contributed by atoms with E-state index in [0.29, 0.717) is 28.9 Å². The van der Waals surface area contributed by atoms with Crippen LogP contribution >= 0.6 is 12.2 Å². The molecule has 3 aromatic carbocycles. The molecule has 0 radical (unpaired) electrons. The van der Waals surface area contributed by atoms with Crippen LogP contribution in [0.5, 0.6) is 11.5 Å². The molecular formula is C26H23N3O4S. The molecule has 7 nitrogen and oxygen atoms in total. The first-order valence-electron chi connectivity index (χ1n) is 10.9. The molecule has 2 N–H and O–H groups in total. The van der Waals surface area contributed by atoms with Gasteiger partial charge >= 0.3 is 0 Å². The molecule has 0 atom stereocenters. The Balaban J connectivity index is 1.33. The summed E-state index contributed by atoms with van der Waals surface area (Å²) >= 11 is 5.38. The van der Waals surface area contributed by atoms with E-state index in [0.717, 1.165) is 27.9 Å². The van der Waals surface area contributed by atoms with Gasteiger partial charge < -0.3 is 19.2 Å². The number of fused-ring (bicyclic) bond motifs is 2. The lowest BCUT2D eigenvalue weighted by Gasteiger charge is -2.13. The molecule has 0 saturated heterocycles. The molecule has 0 saturated carbocycles. The second kappa shape index (κ2) is 8.79. The maximum absolute atomic E-state index is 12.6. The van der Waals surface area contributed by atoms with Gasteiger partial charge in [-0.1, -0.05) is 26.0 Å². The number of aromatic nitrogens is 1. The lowest BCUT2D eigenvalue weighted by molar-refractivity contribution is 0.0977. The van der Waals surface area contributed by atoms with Crippen LogP contribution in [0.3, 0.4) is 0 Å². The lowest BCUT2D eigenvalue weighted by atomic mass is 10.0. The molecular weight excluding hydrogens is 450 g/mol. The molecule has 172 valence electrons. The minimum atomic E-state index is -0.343. The van der Waals surface area contributed by atoms with E-state index in [4.69, 9.17) is 26.1 Å². The van der Waals surface area contributed by atoms with Crippen molar-refractivity contribution in [1.29, 1.82) is 0 Å². The second-order valence-corrected chi connectivity index (χ2v) is 8.82. The summed E-state index contributed by atoms with van der Waals surface area (Å²) in [6, 6.07) is 16.9. The maximum atomic E-state index is 12.6. The number of anilines is 1. The molecule has 1 aromatic heterocycles. The van der Waals surface area contributed by atoms with Gasteiger partial charge in [-0.05, 0) is 78.7 Å². The van der Waals surface area contributed by atoms with Crippen LogP contribution in [-0.4, -0.2) is 22.8 Å². The van der Waals surface area contributed by atoms with Crippen molar-refractivity contribution in [3.8, 4) is 23.0 Å². The van der Waals surface area contributed by atoms with Crippen molar-refractivity contribution >= 4 is 40.0 Å². The van der Waals surface area contributed by atoms with E-state index in [9.17, 15) is 4.79 Å². The summed E-state index contributed by atoms with van der Waals surface area (Å²) in [6.07, 6.45) is 0. The number of carbonyl (C=O) groups is 1. The third-order valence-electron chi connectivity index (χ3n) is 5.67. The van der Waals surface area contributed by atoms with Gasteiger partial charge in [0.2, 0.25) is 12.7 Å². The van der Waals surface area contributed by atoms with Crippen LogP contribution in [0.4, 0.5) is 5.69 Å². The zero-order chi connectivity index (χ0) is 23.8. The number of oxazole rings is 1. The van der Waals surface area contributed by atoms with Crippen molar-refractivity contribution in [3.05, 3.63) is 71.3 Å². The summed E-state index contributed by atoms with van der Waals surface area (Å²) < 4.78 is 16.6. The van der Waals surface area contributed by atoms with E-state index in [1.165, 1.54) is 5.56 Å². The van der Waals surface area contributed by atoms with Crippen LogP contribution < -0.4 is 20.1 Å². The van der Waals surface area contributed by atoms with Crippen LogP contribution in [-0.2, 0) is 0 Å². The zero-order valence-corrected chi connectivity index (χ0v) is 19.8. The largest absolute Gasteiger partial charge is 0.454 e. The Morgan fingerprint density at radius 3 is 2.68 bits per heavy atom. The van der Waals surface area contributed by atoms with Gasteiger partial charge in [0.15, 0.2) is 22.2 Å². The van der Waals surface area contributed by atoms with Crippen LogP contribution in [0.15, 0.2) is 59.0 Å². The first kappa shape index (κ1) is 21.9. The highest BCUT2D eigenvalue weighted by molar-refractivity contribution is 7.80. The minimum absolute atomic E-state index is 0.148. The minimum Gasteiger partial charge on any atom is -0.454 e. The summed E-state index contributed by atoms with van der Waals surface area (Å²) in [5.41, 5.74) is 5.71. The molecule has 0 aliphatic carbocycles. The van der Waals surface area contributed by atoms with Gasteiger partial charge in [0.1, 0.15) is 5.52 Å². The fourth-order valence-electron chi connectivity index (χ4n) is 3.68. The normalized spacial score (nSPS) is 12.2. The standard InChI is InChI=1S/C26H23N3O4S/c1-14(2)16-6-8-21-20(10-16)27-25(33-21)18-5-4-15(3)19(11-18)28-26(34)29-24(30)17-7-9-22-23(12-17)32-13-31-22/h4-12,14H,13H2,1-3H3,(H2,28,29,30,34). The van der Waals surface area contributed by atoms with Gasteiger partial charge in [0.05, 0.1) is 0 Å². The predicted molar refractivity (Wildman–Crippen MR) is 135 cm³/mol. The number of benzene rings is 3. The van der Waals surface area contributed by atoms with E-state index >= 15 is 0 Å². The number of amides is 1. The SMILES string of the molecule is Cc1ccc(-c2nc3cc(C(C)C)ccc3o2)cc1NC(=S)NC(=O)c1ccc2c(c1)OCO2. The maximum Gasteiger partial charge on any atom is 0.257 e. The van der Waals surface area contributed by atoms with Crippen molar-refractivity contribution in [2.24, 2.45) is 0 Å². The molecule has 0 bridgehead atoms. The van der Waals surface area contributed by atoms with E-state index in [2.05, 4.69) is 41.6 Å². The predicted octanol–water partition coefficient (Wildman–Crippen LogP) is 5.78. The summed E-state index contributed by atoms with van der Waals surface area (Å²) in [4.78, 5) is 17.3. The highest BCUT2D eigenvalue weighted by Crippen LogP contribution is 2.33. The first-order chi connectivity index (χ1) is 16.4. The molecule has 34 heavy (non-hydrogen) atoms. The van der Waals surface area contributed by atoms with E-state index in [1.54, 1.807) is 18.2 Å². The van der Waals surface area contributed by atoms with Gasteiger partial charge in [0, 0.05) is 16.8 Å². The Labute approximate surface area is 202 Å². The van der Waals surface area contributed by atoms with E-state index < -0.39 is 0 Å². The first-order valence-corrected chi connectivity index (χ1v) is 11.3. The molecule has 5 rings (SSSR count). The number of thiocarbonyl (C=S) groups is 1. The number of nitrogens with zero attached hydrogens (tertiary/aromatic N) is 1. The molecule has 8 heteroatoms. The molecule has 4 aromatic rings. The number of rotatable bonds is 4. The molecule has 0 spiro atoms. The highest BCUT2D eigenvalue weighted by Gasteiger charge is 2.17. The fourth-order valence-corrected chi connectivity index (χ4v) is 3.89. The number of ether oxygens (including phenoxy) is 2. The van der Waals surface area contributed by atoms with Crippen molar-refractivity contribution in [1.82, 2.24) is 10.3 Å². The highest BCUT2D eigenvalue weighted by atomic mass is 32.1. The van der Waals surface area contributed by atoms with Gasteiger partial charge in [-0.15, -0.1) is 0 Å². The Morgan fingerprint density at radius 2 is 1.85 bits per heavy atom. The Morgan fingerprint density at radius 1 is 1.03 bits per heavy atom. The molecule has 0 unspecified atom stereocenters.